The number of ketones is 1. The van der Waals surface area contributed by atoms with E-state index in [0.29, 0.717) is 21.8 Å². The summed E-state index contributed by atoms with van der Waals surface area (Å²) in [5.41, 5.74) is 1.13. The molecule has 6 heteroatoms. The predicted molar refractivity (Wildman–Crippen MR) is 86.7 cm³/mol. The second kappa shape index (κ2) is 7.24. The number of nitrogens with one attached hydrogen (secondary N) is 1. The lowest BCUT2D eigenvalue weighted by Crippen LogP contribution is -2.20. The Labute approximate surface area is 138 Å². The van der Waals surface area contributed by atoms with Crippen LogP contribution >= 0.6 is 11.6 Å². The van der Waals surface area contributed by atoms with Gasteiger partial charge in [0.1, 0.15) is 11.6 Å². The highest BCUT2D eigenvalue weighted by Crippen LogP contribution is 2.23. The van der Waals surface area contributed by atoms with Gasteiger partial charge in [0.25, 0.3) is 5.91 Å². The number of Topliss-reactive ketones (excluding diaryl/α,β-unsaturated/α-hetero) is 1. The molecule has 0 atom stereocenters. The molecule has 0 aromatic heterocycles. The van der Waals surface area contributed by atoms with Crippen molar-refractivity contribution in [3.05, 3.63) is 58.4 Å². The van der Waals surface area contributed by atoms with Crippen LogP contribution in [0.3, 0.4) is 0 Å². The quantitative estimate of drug-likeness (QED) is 0.840. The van der Waals surface area contributed by atoms with Gasteiger partial charge in [-0.1, -0.05) is 17.7 Å². The minimum atomic E-state index is -0.460. The summed E-state index contributed by atoms with van der Waals surface area (Å²) < 4.78 is 18.8. The molecular formula is C17H15ClFNO3. The molecule has 0 saturated carbocycles. The van der Waals surface area contributed by atoms with Gasteiger partial charge in [0.15, 0.2) is 12.4 Å². The van der Waals surface area contributed by atoms with Gasteiger partial charge in [-0.15, -0.1) is 0 Å². The third-order valence-electron chi connectivity index (χ3n) is 3.14. The molecule has 23 heavy (non-hydrogen) atoms. The summed E-state index contributed by atoms with van der Waals surface area (Å²) in [6, 6.07) is 8.97. The van der Waals surface area contributed by atoms with Gasteiger partial charge < -0.3 is 10.1 Å². The van der Waals surface area contributed by atoms with E-state index in [2.05, 4.69) is 5.32 Å². The van der Waals surface area contributed by atoms with E-state index >= 15 is 0 Å². The number of anilines is 1. The number of rotatable bonds is 5. The van der Waals surface area contributed by atoms with Gasteiger partial charge in [-0.2, -0.15) is 0 Å². The van der Waals surface area contributed by atoms with Crippen LogP contribution < -0.4 is 10.1 Å². The minimum absolute atomic E-state index is 0.219. The average Bonchev–Trinajstić information content (AvgIpc) is 2.49. The number of amides is 1. The fourth-order valence-electron chi connectivity index (χ4n) is 1.91. The normalized spacial score (nSPS) is 10.3. The summed E-state index contributed by atoms with van der Waals surface area (Å²) in [7, 11) is 0. The Morgan fingerprint density at radius 3 is 2.61 bits per heavy atom. The fourth-order valence-corrected chi connectivity index (χ4v) is 2.09. The molecule has 2 aromatic carbocycles. The Hall–Kier alpha value is -2.40. The van der Waals surface area contributed by atoms with Crippen LogP contribution in [0.25, 0.3) is 0 Å². The second-order valence-corrected chi connectivity index (χ2v) is 5.43. The Kier molecular flexibility index (Phi) is 5.34. The maximum absolute atomic E-state index is 13.4. The summed E-state index contributed by atoms with van der Waals surface area (Å²) in [6.07, 6.45) is 0. The maximum Gasteiger partial charge on any atom is 0.262 e. The Morgan fingerprint density at radius 2 is 1.96 bits per heavy atom. The number of ether oxygens (including phenoxy) is 1. The van der Waals surface area contributed by atoms with Crippen LogP contribution in [0, 0.1) is 12.7 Å². The Bertz CT molecular complexity index is 761. The van der Waals surface area contributed by atoms with Gasteiger partial charge in [-0.05, 0) is 49.7 Å². The zero-order chi connectivity index (χ0) is 17.0. The lowest BCUT2D eigenvalue weighted by Gasteiger charge is -2.11. The van der Waals surface area contributed by atoms with Crippen molar-refractivity contribution in [3.8, 4) is 5.75 Å². The molecule has 0 saturated heterocycles. The average molecular weight is 336 g/mol. The van der Waals surface area contributed by atoms with Crippen LogP contribution in [-0.4, -0.2) is 18.3 Å². The number of hydrogen-bond acceptors (Lipinski definition) is 3. The zero-order valence-corrected chi connectivity index (χ0v) is 13.4. The molecule has 0 radical (unpaired) electrons. The van der Waals surface area contributed by atoms with E-state index in [1.807, 2.05) is 0 Å². The first-order chi connectivity index (χ1) is 10.9. The summed E-state index contributed by atoms with van der Waals surface area (Å²) in [4.78, 5) is 23.4. The molecule has 0 aliphatic carbocycles. The molecule has 0 aliphatic rings. The topological polar surface area (TPSA) is 55.4 Å². The molecule has 0 fully saturated rings. The number of aryl methyl sites for hydroxylation is 1. The molecule has 0 unspecified atom stereocenters. The van der Waals surface area contributed by atoms with Crippen molar-refractivity contribution in [3.63, 3.8) is 0 Å². The van der Waals surface area contributed by atoms with Crippen molar-refractivity contribution >= 4 is 29.0 Å². The fraction of sp³-hybridized carbons (Fsp3) is 0.176. The zero-order valence-electron chi connectivity index (χ0n) is 12.7. The highest BCUT2D eigenvalue weighted by Gasteiger charge is 2.11. The van der Waals surface area contributed by atoms with E-state index in [-0.39, 0.29) is 18.1 Å². The summed E-state index contributed by atoms with van der Waals surface area (Å²) in [5, 5.41) is 2.93. The predicted octanol–water partition coefficient (Wildman–Crippen LogP) is 4.01. The van der Waals surface area contributed by atoms with Crippen molar-refractivity contribution in [1.29, 1.82) is 0 Å². The molecule has 1 amide bonds. The number of benzene rings is 2. The van der Waals surface area contributed by atoms with Gasteiger partial charge in [0.2, 0.25) is 0 Å². The van der Waals surface area contributed by atoms with Crippen LogP contribution in [0.15, 0.2) is 36.4 Å². The van der Waals surface area contributed by atoms with Gasteiger partial charge in [0.05, 0.1) is 5.56 Å². The first kappa shape index (κ1) is 17.0. The van der Waals surface area contributed by atoms with Crippen LogP contribution in [-0.2, 0) is 4.79 Å². The van der Waals surface area contributed by atoms with Crippen molar-refractivity contribution in [2.24, 2.45) is 0 Å². The highest BCUT2D eigenvalue weighted by atomic mass is 35.5. The van der Waals surface area contributed by atoms with E-state index in [4.69, 9.17) is 16.3 Å². The van der Waals surface area contributed by atoms with Crippen LogP contribution in [0.1, 0.15) is 22.8 Å². The van der Waals surface area contributed by atoms with E-state index in [9.17, 15) is 14.0 Å². The first-order valence-corrected chi connectivity index (χ1v) is 7.24. The van der Waals surface area contributed by atoms with Gasteiger partial charge in [0, 0.05) is 10.7 Å². The molecular weight excluding hydrogens is 321 g/mol. The molecule has 1 N–H and O–H groups in total. The molecule has 0 heterocycles. The van der Waals surface area contributed by atoms with E-state index in [1.54, 1.807) is 25.1 Å². The SMILES string of the molecule is CC(=O)c1cc(Cl)ccc1OCC(=O)Nc1ccc(C)c(F)c1. The smallest absolute Gasteiger partial charge is 0.262 e. The third kappa shape index (κ3) is 4.53. The lowest BCUT2D eigenvalue weighted by molar-refractivity contribution is -0.118. The Morgan fingerprint density at radius 1 is 1.22 bits per heavy atom. The Balaban J connectivity index is 2.02. The largest absolute Gasteiger partial charge is 0.483 e. The van der Waals surface area contributed by atoms with Gasteiger partial charge >= 0.3 is 0 Å². The van der Waals surface area contributed by atoms with E-state index < -0.39 is 11.7 Å². The molecule has 0 spiro atoms. The first-order valence-electron chi connectivity index (χ1n) is 6.86. The van der Waals surface area contributed by atoms with Crippen LogP contribution in [0.4, 0.5) is 10.1 Å². The standard InChI is InChI=1S/C17H15ClFNO3/c1-10-3-5-13(8-15(10)19)20-17(22)9-23-16-6-4-12(18)7-14(16)11(2)21/h3-8H,9H2,1-2H3,(H,20,22). The van der Waals surface area contributed by atoms with E-state index in [1.165, 1.54) is 25.1 Å². The van der Waals surface area contributed by atoms with E-state index in [0.717, 1.165) is 0 Å². The number of carbonyl (C=O) groups excluding carboxylic acids is 2. The van der Waals surface area contributed by atoms with Crippen molar-refractivity contribution in [2.75, 3.05) is 11.9 Å². The molecule has 2 aromatic rings. The highest BCUT2D eigenvalue weighted by molar-refractivity contribution is 6.31. The third-order valence-corrected chi connectivity index (χ3v) is 3.37. The van der Waals surface area contributed by atoms with Crippen LogP contribution in [0.5, 0.6) is 5.75 Å². The molecule has 120 valence electrons. The lowest BCUT2D eigenvalue weighted by atomic mass is 10.1. The second-order valence-electron chi connectivity index (χ2n) is 5.00. The van der Waals surface area contributed by atoms with Crippen molar-refractivity contribution in [1.82, 2.24) is 0 Å². The number of carbonyl (C=O) groups is 2. The van der Waals surface area contributed by atoms with Gasteiger partial charge in [-0.25, -0.2) is 4.39 Å². The minimum Gasteiger partial charge on any atom is -0.483 e. The summed E-state index contributed by atoms with van der Waals surface area (Å²) in [6.45, 7) is 2.71. The number of halogens is 2. The maximum atomic E-state index is 13.4. The van der Waals surface area contributed by atoms with Crippen molar-refractivity contribution < 1.29 is 18.7 Å². The molecule has 4 nitrogen and oxygen atoms in total. The monoisotopic (exact) mass is 335 g/mol. The number of hydrogen-bond donors (Lipinski definition) is 1. The summed E-state index contributed by atoms with van der Waals surface area (Å²) >= 11 is 5.84. The molecule has 0 bridgehead atoms. The van der Waals surface area contributed by atoms with Gasteiger partial charge in [-0.3, -0.25) is 9.59 Å². The van der Waals surface area contributed by atoms with Crippen molar-refractivity contribution in [2.45, 2.75) is 13.8 Å². The molecule has 2 rings (SSSR count). The van der Waals surface area contributed by atoms with Crippen LogP contribution in [0.2, 0.25) is 5.02 Å². The summed E-state index contributed by atoms with van der Waals surface area (Å²) in [5.74, 6) is -0.811. The molecule has 0 aliphatic heterocycles.